The van der Waals surface area contributed by atoms with E-state index in [4.69, 9.17) is 14.2 Å². The first kappa shape index (κ1) is 75.3. The molecular formula is C73H126O6. The number of rotatable bonds is 61. The zero-order valence-corrected chi connectivity index (χ0v) is 52.1. The second kappa shape index (κ2) is 66.8. The number of carbonyl (C=O) groups is 3. The fourth-order valence-corrected chi connectivity index (χ4v) is 9.54. The lowest BCUT2D eigenvalue weighted by atomic mass is 10.0. The summed E-state index contributed by atoms with van der Waals surface area (Å²) in [6.07, 6.45) is 89.9. The highest BCUT2D eigenvalue weighted by molar-refractivity contribution is 5.71. The van der Waals surface area contributed by atoms with Gasteiger partial charge in [-0.2, -0.15) is 0 Å². The van der Waals surface area contributed by atoms with Crippen LogP contribution < -0.4 is 0 Å². The molecule has 6 nitrogen and oxygen atoms in total. The molecule has 0 aliphatic rings. The first-order valence-corrected chi connectivity index (χ1v) is 33.7. The molecular weight excluding hydrogens is 973 g/mol. The summed E-state index contributed by atoms with van der Waals surface area (Å²) >= 11 is 0. The van der Waals surface area contributed by atoms with Gasteiger partial charge >= 0.3 is 17.9 Å². The third kappa shape index (κ3) is 65.0. The molecule has 79 heavy (non-hydrogen) atoms. The van der Waals surface area contributed by atoms with Gasteiger partial charge in [-0.15, -0.1) is 0 Å². The number of ether oxygens (including phenoxy) is 3. The van der Waals surface area contributed by atoms with Gasteiger partial charge in [0.1, 0.15) is 13.2 Å². The Morgan fingerprint density at radius 3 is 0.797 bits per heavy atom. The minimum atomic E-state index is -0.785. The van der Waals surface area contributed by atoms with E-state index in [1.54, 1.807) is 0 Å². The van der Waals surface area contributed by atoms with Crippen LogP contribution in [0.3, 0.4) is 0 Å². The van der Waals surface area contributed by atoms with Crippen LogP contribution in [-0.2, 0) is 28.6 Å². The van der Waals surface area contributed by atoms with E-state index in [1.165, 1.54) is 173 Å². The molecule has 0 aromatic rings. The maximum absolute atomic E-state index is 12.9. The predicted molar refractivity (Wildman–Crippen MR) is 344 cm³/mol. The van der Waals surface area contributed by atoms with Gasteiger partial charge in [-0.05, 0) is 103 Å². The number of carbonyl (C=O) groups excluding carboxylic acids is 3. The first-order valence-electron chi connectivity index (χ1n) is 33.7. The van der Waals surface area contributed by atoms with Gasteiger partial charge in [0.2, 0.25) is 0 Å². The Kier molecular flexibility index (Phi) is 63.7. The van der Waals surface area contributed by atoms with Crippen LogP contribution >= 0.6 is 0 Å². The Hall–Kier alpha value is -3.67. The molecule has 0 N–H and O–H groups in total. The summed E-state index contributed by atoms with van der Waals surface area (Å²) in [6.45, 7) is 6.52. The molecule has 1 unspecified atom stereocenters. The lowest BCUT2D eigenvalue weighted by molar-refractivity contribution is -0.167. The van der Waals surface area contributed by atoms with Crippen LogP contribution in [0.2, 0.25) is 0 Å². The van der Waals surface area contributed by atoms with E-state index in [1.807, 2.05) is 0 Å². The highest BCUT2D eigenvalue weighted by Crippen LogP contribution is 2.17. The molecule has 0 bridgehead atoms. The summed E-state index contributed by atoms with van der Waals surface area (Å²) in [6, 6.07) is 0. The standard InChI is InChI=1S/C73H126O6/c1-4-7-10-13-16-19-22-25-28-30-31-32-33-34-35-36-37-38-39-40-41-43-45-48-51-54-57-60-63-66-72(75)78-69-70(68-77-71(74)65-62-59-56-53-50-47-44-27-24-21-18-15-12-9-6-3)79-73(76)67-64-61-58-55-52-49-46-42-29-26-23-20-17-14-11-8-5-2/h7,10,16,18-19,21,25,27-28,31-32,34-35,37-38,44,70H,4-6,8-9,11-15,17,20,22-24,26,29-30,33,36,39-43,45-69H2,1-3H3/b10-7-,19-16-,21-18-,28-25-,32-31-,35-34-,38-37-,44-27-. The topological polar surface area (TPSA) is 78.9 Å². The molecule has 0 heterocycles. The van der Waals surface area contributed by atoms with E-state index in [0.717, 1.165) is 116 Å². The van der Waals surface area contributed by atoms with Crippen molar-refractivity contribution in [2.75, 3.05) is 13.2 Å². The molecule has 6 heteroatoms. The highest BCUT2D eigenvalue weighted by Gasteiger charge is 2.19. The normalized spacial score (nSPS) is 12.7. The maximum atomic E-state index is 12.9. The molecule has 0 saturated heterocycles. The third-order valence-electron chi connectivity index (χ3n) is 14.6. The van der Waals surface area contributed by atoms with E-state index in [0.29, 0.717) is 19.3 Å². The number of allylic oxidation sites excluding steroid dienone is 16. The molecule has 0 aromatic carbocycles. The fourth-order valence-electron chi connectivity index (χ4n) is 9.54. The summed E-state index contributed by atoms with van der Waals surface area (Å²) < 4.78 is 17.0. The van der Waals surface area contributed by atoms with E-state index in [9.17, 15) is 14.4 Å². The molecule has 0 rings (SSSR count). The Bertz CT molecular complexity index is 1540. The maximum Gasteiger partial charge on any atom is 0.306 e. The van der Waals surface area contributed by atoms with Crippen molar-refractivity contribution in [2.45, 2.75) is 335 Å². The van der Waals surface area contributed by atoms with Crippen molar-refractivity contribution < 1.29 is 28.6 Å². The summed E-state index contributed by atoms with van der Waals surface area (Å²) in [5.74, 6) is -0.884. The Labute approximate surface area is 489 Å². The summed E-state index contributed by atoms with van der Waals surface area (Å²) in [5.41, 5.74) is 0. The Morgan fingerprint density at radius 1 is 0.266 bits per heavy atom. The van der Waals surface area contributed by atoms with Crippen molar-refractivity contribution in [3.05, 3.63) is 97.2 Å². The molecule has 0 radical (unpaired) electrons. The average molecular weight is 1100 g/mol. The van der Waals surface area contributed by atoms with Crippen LogP contribution in [0.25, 0.3) is 0 Å². The van der Waals surface area contributed by atoms with Crippen molar-refractivity contribution >= 4 is 17.9 Å². The molecule has 0 saturated carbocycles. The zero-order valence-electron chi connectivity index (χ0n) is 52.1. The molecule has 0 aliphatic heterocycles. The molecule has 0 aliphatic carbocycles. The quantitative estimate of drug-likeness (QED) is 0.0261. The van der Waals surface area contributed by atoms with Gasteiger partial charge in [-0.25, -0.2) is 0 Å². The van der Waals surface area contributed by atoms with Crippen LogP contribution in [-0.4, -0.2) is 37.2 Å². The number of hydrogen-bond donors (Lipinski definition) is 0. The first-order chi connectivity index (χ1) is 39.0. The van der Waals surface area contributed by atoms with Crippen LogP contribution in [0.5, 0.6) is 0 Å². The largest absolute Gasteiger partial charge is 0.462 e. The Morgan fingerprint density at radius 2 is 0.494 bits per heavy atom. The van der Waals surface area contributed by atoms with Crippen molar-refractivity contribution in [3.8, 4) is 0 Å². The minimum absolute atomic E-state index is 0.0814. The molecule has 454 valence electrons. The second-order valence-corrected chi connectivity index (χ2v) is 22.4. The molecule has 0 spiro atoms. The fraction of sp³-hybridized carbons (Fsp3) is 0.740. The van der Waals surface area contributed by atoms with Gasteiger partial charge in [0.25, 0.3) is 0 Å². The molecule has 1 atom stereocenters. The average Bonchev–Trinajstić information content (AvgIpc) is 3.45. The zero-order chi connectivity index (χ0) is 57.1. The van der Waals surface area contributed by atoms with Gasteiger partial charge in [0.15, 0.2) is 6.10 Å². The van der Waals surface area contributed by atoms with Crippen molar-refractivity contribution in [1.82, 2.24) is 0 Å². The van der Waals surface area contributed by atoms with E-state index in [2.05, 4.69) is 118 Å². The summed E-state index contributed by atoms with van der Waals surface area (Å²) in [5, 5.41) is 0. The SMILES string of the molecule is CC/C=C\C/C=C\C/C=C\C/C=C\C/C=C\C/C=C\CCCCCCCCCCCCC(=O)OCC(COC(=O)CCCCCCC/C=C\C/C=C\CCCCC)OC(=O)CCCCCCCCCCCCCCCCCCC. The van der Waals surface area contributed by atoms with E-state index >= 15 is 0 Å². The lowest BCUT2D eigenvalue weighted by Gasteiger charge is -2.18. The van der Waals surface area contributed by atoms with Crippen molar-refractivity contribution in [2.24, 2.45) is 0 Å². The molecule has 0 amide bonds. The van der Waals surface area contributed by atoms with Crippen LogP contribution in [0.15, 0.2) is 97.2 Å². The van der Waals surface area contributed by atoms with Crippen LogP contribution in [0, 0.1) is 0 Å². The highest BCUT2D eigenvalue weighted by atomic mass is 16.6. The van der Waals surface area contributed by atoms with Crippen molar-refractivity contribution in [3.63, 3.8) is 0 Å². The van der Waals surface area contributed by atoms with Crippen LogP contribution in [0.4, 0.5) is 0 Å². The van der Waals surface area contributed by atoms with Crippen LogP contribution in [0.1, 0.15) is 329 Å². The van der Waals surface area contributed by atoms with Gasteiger partial charge in [0, 0.05) is 19.3 Å². The van der Waals surface area contributed by atoms with Gasteiger partial charge in [-0.1, -0.05) is 304 Å². The van der Waals surface area contributed by atoms with Gasteiger partial charge < -0.3 is 14.2 Å². The second-order valence-electron chi connectivity index (χ2n) is 22.4. The van der Waals surface area contributed by atoms with Gasteiger partial charge in [0.05, 0.1) is 0 Å². The molecule has 0 fully saturated rings. The van der Waals surface area contributed by atoms with Gasteiger partial charge in [-0.3, -0.25) is 14.4 Å². The van der Waals surface area contributed by atoms with Crippen molar-refractivity contribution in [1.29, 1.82) is 0 Å². The van der Waals surface area contributed by atoms with E-state index < -0.39 is 6.10 Å². The number of unbranched alkanes of at least 4 members (excludes halogenated alkanes) is 34. The smallest absolute Gasteiger partial charge is 0.306 e. The minimum Gasteiger partial charge on any atom is -0.462 e. The summed E-state index contributed by atoms with van der Waals surface area (Å²) in [4.78, 5) is 38.4. The number of esters is 3. The van der Waals surface area contributed by atoms with E-state index in [-0.39, 0.29) is 31.1 Å². The third-order valence-corrected chi connectivity index (χ3v) is 14.6. The lowest BCUT2D eigenvalue weighted by Crippen LogP contribution is -2.30. The molecule has 0 aromatic heterocycles. The number of hydrogen-bond acceptors (Lipinski definition) is 6. The summed E-state index contributed by atoms with van der Waals surface area (Å²) in [7, 11) is 0. The predicted octanol–water partition coefficient (Wildman–Crippen LogP) is 23.2. The monoisotopic (exact) mass is 1100 g/mol. The Balaban J connectivity index is 4.31.